The standard InChI is InChI=1S/C14H18ClN3O/c1-10(9-16)5-6-14-17-13(18-19-14)8-11-3-2-4-12(15)7-11/h2-4,7,10H,5-6,8-9,16H2,1H3. The summed E-state index contributed by atoms with van der Waals surface area (Å²) < 4.78 is 5.23. The van der Waals surface area contributed by atoms with Gasteiger partial charge >= 0.3 is 0 Å². The van der Waals surface area contributed by atoms with Crippen LogP contribution in [0.3, 0.4) is 0 Å². The molecule has 5 heteroatoms. The minimum absolute atomic E-state index is 0.475. The minimum Gasteiger partial charge on any atom is -0.339 e. The molecular formula is C14H18ClN3O. The average Bonchev–Trinajstić information content (AvgIpc) is 2.83. The molecule has 0 saturated carbocycles. The lowest BCUT2D eigenvalue weighted by Gasteiger charge is -2.03. The molecule has 1 aromatic heterocycles. The summed E-state index contributed by atoms with van der Waals surface area (Å²) in [5.41, 5.74) is 6.66. The molecule has 0 radical (unpaired) electrons. The van der Waals surface area contributed by atoms with Crippen LogP contribution >= 0.6 is 11.6 Å². The van der Waals surface area contributed by atoms with E-state index in [-0.39, 0.29) is 0 Å². The first-order valence-electron chi connectivity index (χ1n) is 6.43. The van der Waals surface area contributed by atoms with E-state index in [0.717, 1.165) is 23.4 Å². The second kappa shape index (κ2) is 6.68. The Morgan fingerprint density at radius 3 is 3.00 bits per heavy atom. The molecule has 0 bridgehead atoms. The van der Waals surface area contributed by atoms with Crippen LogP contribution in [-0.2, 0) is 12.8 Å². The van der Waals surface area contributed by atoms with E-state index in [4.69, 9.17) is 21.9 Å². The first-order valence-corrected chi connectivity index (χ1v) is 6.81. The normalized spacial score (nSPS) is 12.6. The van der Waals surface area contributed by atoms with E-state index in [1.165, 1.54) is 0 Å². The topological polar surface area (TPSA) is 64.9 Å². The highest BCUT2D eigenvalue weighted by Gasteiger charge is 2.09. The third-order valence-electron chi connectivity index (χ3n) is 3.01. The van der Waals surface area contributed by atoms with Crippen molar-refractivity contribution < 1.29 is 4.52 Å². The molecule has 0 saturated heterocycles. The molecule has 102 valence electrons. The Kier molecular flexibility index (Phi) is 4.93. The lowest BCUT2D eigenvalue weighted by Crippen LogP contribution is -2.11. The van der Waals surface area contributed by atoms with Crippen molar-refractivity contribution in [2.24, 2.45) is 11.7 Å². The van der Waals surface area contributed by atoms with Gasteiger partial charge < -0.3 is 10.3 Å². The Hall–Kier alpha value is -1.39. The van der Waals surface area contributed by atoms with E-state index in [0.29, 0.717) is 30.6 Å². The number of halogens is 1. The Morgan fingerprint density at radius 1 is 1.42 bits per heavy atom. The summed E-state index contributed by atoms with van der Waals surface area (Å²) in [5, 5.41) is 4.70. The maximum Gasteiger partial charge on any atom is 0.226 e. The predicted molar refractivity (Wildman–Crippen MR) is 75.1 cm³/mol. The number of nitrogens with two attached hydrogens (primary N) is 1. The molecule has 2 rings (SSSR count). The highest BCUT2D eigenvalue weighted by Crippen LogP contribution is 2.14. The van der Waals surface area contributed by atoms with Gasteiger partial charge in [0.1, 0.15) is 0 Å². The zero-order valence-electron chi connectivity index (χ0n) is 11.0. The van der Waals surface area contributed by atoms with E-state index < -0.39 is 0 Å². The summed E-state index contributed by atoms with van der Waals surface area (Å²) in [6.45, 7) is 2.80. The van der Waals surface area contributed by atoms with E-state index in [1.54, 1.807) is 0 Å². The number of rotatable bonds is 6. The van der Waals surface area contributed by atoms with Crippen LogP contribution in [0.5, 0.6) is 0 Å². The SMILES string of the molecule is CC(CN)CCc1nc(Cc2cccc(Cl)c2)no1. The Morgan fingerprint density at radius 2 is 2.26 bits per heavy atom. The Balaban J connectivity index is 1.94. The summed E-state index contributed by atoms with van der Waals surface area (Å²) in [6.07, 6.45) is 2.38. The predicted octanol–water partition coefficient (Wildman–Crippen LogP) is 2.84. The molecule has 1 heterocycles. The number of aromatic nitrogens is 2. The van der Waals surface area contributed by atoms with Gasteiger partial charge in [0.25, 0.3) is 0 Å². The Labute approximate surface area is 118 Å². The van der Waals surface area contributed by atoms with Crippen molar-refractivity contribution in [3.63, 3.8) is 0 Å². The number of hydrogen-bond acceptors (Lipinski definition) is 4. The van der Waals surface area contributed by atoms with Crippen LogP contribution in [0.1, 0.15) is 30.6 Å². The van der Waals surface area contributed by atoms with Crippen LogP contribution in [0.2, 0.25) is 5.02 Å². The van der Waals surface area contributed by atoms with Crippen molar-refractivity contribution in [1.29, 1.82) is 0 Å². The van der Waals surface area contributed by atoms with Gasteiger partial charge in [0.2, 0.25) is 5.89 Å². The van der Waals surface area contributed by atoms with Crippen molar-refractivity contribution in [2.45, 2.75) is 26.2 Å². The molecule has 0 aliphatic rings. The van der Waals surface area contributed by atoms with Crippen LogP contribution in [-0.4, -0.2) is 16.7 Å². The molecule has 0 fully saturated rings. The van der Waals surface area contributed by atoms with Gasteiger partial charge in [0.15, 0.2) is 5.82 Å². The van der Waals surface area contributed by atoms with Crippen LogP contribution in [0, 0.1) is 5.92 Å². The van der Waals surface area contributed by atoms with Gasteiger partial charge in [-0.1, -0.05) is 35.8 Å². The number of aryl methyl sites for hydroxylation is 1. The Bertz CT molecular complexity index is 527. The maximum atomic E-state index is 5.94. The zero-order chi connectivity index (χ0) is 13.7. The van der Waals surface area contributed by atoms with Crippen LogP contribution in [0.25, 0.3) is 0 Å². The van der Waals surface area contributed by atoms with Crippen LogP contribution < -0.4 is 5.73 Å². The summed E-state index contributed by atoms with van der Waals surface area (Å²) in [7, 11) is 0. The molecule has 0 amide bonds. The van der Waals surface area contributed by atoms with E-state index >= 15 is 0 Å². The first-order chi connectivity index (χ1) is 9.17. The first kappa shape index (κ1) is 14.0. The summed E-state index contributed by atoms with van der Waals surface area (Å²) in [4.78, 5) is 4.38. The van der Waals surface area contributed by atoms with Crippen molar-refractivity contribution in [2.75, 3.05) is 6.54 Å². The van der Waals surface area contributed by atoms with Crippen molar-refractivity contribution >= 4 is 11.6 Å². The van der Waals surface area contributed by atoms with Gasteiger partial charge in [0.05, 0.1) is 0 Å². The van der Waals surface area contributed by atoms with Gasteiger partial charge in [-0.25, -0.2) is 0 Å². The van der Waals surface area contributed by atoms with Gasteiger partial charge in [-0.3, -0.25) is 0 Å². The molecule has 2 aromatic rings. The molecule has 4 nitrogen and oxygen atoms in total. The summed E-state index contributed by atoms with van der Waals surface area (Å²) >= 11 is 5.94. The van der Waals surface area contributed by atoms with Gasteiger partial charge in [0, 0.05) is 17.9 Å². The summed E-state index contributed by atoms with van der Waals surface area (Å²) in [6, 6.07) is 7.68. The molecule has 19 heavy (non-hydrogen) atoms. The van der Waals surface area contributed by atoms with Crippen LogP contribution in [0.15, 0.2) is 28.8 Å². The minimum atomic E-state index is 0.475. The molecule has 0 aliphatic heterocycles. The molecule has 1 atom stereocenters. The highest BCUT2D eigenvalue weighted by atomic mass is 35.5. The van der Waals surface area contributed by atoms with Crippen LogP contribution in [0.4, 0.5) is 0 Å². The second-order valence-corrected chi connectivity index (χ2v) is 5.23. The van der Waals surface area contributed by atoms with Gasteiger partial charge in [-0.2, -0.15) is 4.98 Å². The monoisotopic (exact) mass is 279 g/mol. The lowest BCUT2D eigenvalue weighted by molar-refractivity contribution is 0.362. The molecule has 0 spiro atoms. The van der Waals surface area contributed by atoms with Gasteiger partial charge in [-0.15, -0.1) is 0 Å². The van der Waals surface area contributed by atoms with E-state index in [2.05, 4.69) is 17.1 Å². The average molecular weight is 280 g/mol. The fourth-order valence-electron chi connectivity index (χ4n) is 1.78. The summed E-state index contributed by atoms with van der Waals surface area (Å²) in [5.74, 6) is 1.85. The van der Waals surface area contributed by atoms with Crippen molar-refractivity contribution in [3.05, 3.63) is 46.6 Å². The van der Waals surface area contributed by atoms with Crippen molar-refractivity contribution in [3.8, 4) is 0 Å². The largest absolute Gasteiger partial charge is 0.339 e. The molecule has 2 N–H and O–H groups in total. The fraction of sp³-hybridized carbons (Fsp3) is 0.429. The number of hydrogen-bond donors (Lipinski definition) is 1. The highest BCUT2D eigenvalue weighted by molar-refractivity contribution is 6.30. The zero-order valence-corrected chi connectivity index (χ0v) is 11.7. The third kappa shape index (κ3) is 4.33. The third-order valence-corrected chi connectivity index (χ3v) is 3.25. The lowest BCUT2D eigenvalue weighted by atomic mass is 10.1. The van der Waals surface area contributed by atoms with Gasteiger partial charge in [-0.05, 0) is 36.6 Å². The second-order valence-electron chi connectivity index (χ2n) is 4.79. The van der Waals surface area contributed by atoms with E-state index in [1.807, 2.05) is 24.3 Å². The van der Waals surface area contributed by atoms with Crippen molar-refractivity contribution in [1.82, 2.24) is 10.1 Å². The number of benzene rings is 1. The van der Waals surface area contributed by atoms with E-state index in [9.17, 15) is 0 Å². The molecular weight excluding hydrogens is 262 g/mol. The maximum absolute atomic E-state index is 5.94. The molecule has 1 unspecified atom stereocenters. The quantitative estimate of drug-likeness (QED) is 0.883. The number of nitrogens with zero attached hydrogens (tertiary/aromatic N) is 2. The molecule has 0 aliphatic carbocycles. The smallest absolute Gasteiger partial charge is 0.226 e. The molecule has 1 aromatic carbocycles. The fourth-order valence-corrected chi connectivity index (χ4v) is 1.99.